The zero-order valence-corrected chi connectivity index (χ0v) is 14.8. The Kier molecular flexibility index (Phi) is 5.65. The quantitative estimate of drug-likeness (QED) is 0.702. The number of nitrogens with zero attached hydrogens (tertiary/aromatic N) is 2. The number of hydrogen-bond acceptors (Lipinski definition) is 5. The number of rotatable bonds is 6. The van der Waals surface area contributed by atoms with E-state index in [4.69, 9.17) is 10.00 Å². The van der Waals surface area contributed by atoms with Crippen LogP contribution in [0.25, 0.3) is 0 Å². The van der Waals surface area contributed by atoms with Gasteiger partial charge in [-0.1, -0.05) is 18.2 Å². The monoisotopic (exact) mass is 358 g/mol. The van der Waals surface area contributed by atoms with Gasteiger partial charge in [-0.3, -0.25) is 4.79 Å². The van der Waals surface area contributed by atoms with E-state index in [1.165, 1.54) is 6.20 Å². The Morgan fingerprint density at radius 2 is 1.96 bits per heavy atom. The summed E-state index contributed by atoms with van der Waals surface area (Å²) in [5.74, 6) is 1.17. The summed E-state index contributed by atoms with van der Waals surface area (Å²) < 4.78 is 5.11. The van der Waals surface area contributed by atoms with E-state index in [2.05, 4.69) is 21.7 Å². The maximum atomic E-state index is 12.3. The molecule has 0 saturated carbocycles. The van der Waals surface area contributed by atoms with Crippen molar-refractivity contribution in [2.45, 2.75) is 6.54 Å². The molecule has 27 heavy (non-hydrogen) atoms. The second-order valence-electron chi connectivity index (χ2n) is 5.78. The van der Waals surface area contributed by atoms with Gasteiger partial charge in [0.1, 0.15) is 11.6 Å². The summed E-state index contributed by atoms with van der Waals surface area (Å²) >= 11 is 0. The van der Waals surface area contributed by atoms with Gasteiger partial charge in [-0.05, 0) is 48.0 Å². The summed E-state index contributed by atoms with van der Waals surface area (Å²) in [4.78, 5) is 16.5. The molecule has 0 radical (unpaired) electrons. The first-order chi connectivity index (χ1) is 13.2. The van der Waals surface area contributed by atoms with Crippen molar-refractivity contribution in [3.63, 3.8) is 0 Å². The van der Waals surface area contributed by atoms with Crippen LogP contribution in [0.3, 0.4) is 0 Å². The first-order valence-electron chi connectivity index (χ1n) is 8.32. The van der Waals surface area contributed by atoms with Crippen LogP contribution in [0.4, 0.5) is 11.5 Å². The molecule has 0 aliphatic rings. The lowest BCUT2D eigenvalue weighted by atomic mass is 10.2. The first-order valence-corrected chi connectivity index (χ1v) is 8.32. The van der Waals surface area contributed by atoms with E-state index in [1.807, 2.05) is 30.3 Å². The Hall–Kier alpha value is -3.85. The highest BCUT2D eigenvalue weighted by Gasteiger charge is 2.06. The van der Waals surface area contributed by atoms with Gasteiger partial charge in [0.15, 0.2) is 0 Å². The lowest BCUT2D eigenvalue weighted by molar-refractivity contribution is 0.0950. The zero-order valence-electron chi connectivity index (χ0n) is 14.8. The molecule has 0 atom stereocenters. The molecule has 2 aromatic carbocycles. The lowest BCUT2D eigenvalue weighted by Crippen LogP contribution is -2.22. The number of nitriles is 1. The molecule has 0 aliphatic carbocycles. The molecular weight excluding hydrogens is 340 g/mol. The summed E-state index contributed by atoms with van der Waals surface area (Å²) in [5, 5.41) is 14.9. The van der Waals surface area contributed by atoms with Gasteiger partial charge in [0.05, 0.1) is 24.3 Å². The third kappa shape index (κ3) is 4.83. The number of carbonyl (C=O) groups excluding carboxylic acids is 1. The van der Waals surface area contributed by atoms with E-state index in [0.29, 0.717) is 23.5 Å². The van der Waals surface area contributed by atoms with Crippen LogP contribution in [0, 0.1) is 11.3 Å². The SMILES string of the molecule is COc1ccc(CNC(=O)c2ccc(Nc3cccc(C#N)c3)nc2)cc1. The maximum absolute atomic E-state index is 12.3. The lowest BCUT2D eigenvalue weighted by Gasteiger charge is -2.08. The van der Waals surface area contributed by atoms with Crippen LogP contribution in [-0.4, -0.2) is 18.0 Å². The summed E-state index contributed by atoms with van der Waals surface area (Å²) in [6.07, 6.45) is 1.51. The van der Waals surface area contributed by atoms with E-state index in [1.54, 1.807) is 37.4 Å². The minimum Gasteiger partial charge on any atom is -0.497 e. The van der Waals surface area contributed by atoms with E-state index in [9.17, 15) is 4.79 Å². The number of hydrogen-bond donors (Lipinski definition) is 2. The normalized spacial score (nSPS) is 9.93. The summed E-state index contributed by atoms with van der Waals surface area (Å²) in [6, 6.07) is 20.1. The minimum absolute atomic E-state index is 0.198. The second-order valence-corrected chi connectivity index (χ2v) is 5.78. The molecular formula is C21H18N4O2. The van der Waals surface area contributed by atoms with Gasteiger partial charge in [0.2, 0.25) is 0 Å². The van der Waals surface area contributed by atoms with Crippen LogP contribution < -0.4 is 15.4 Å². The van der Waals surface area contributed by atoms with E-state index < -0.39 is 0 Å². The predicted octanol–water partition coefficient (Wildman–Crippen LogP) is 3.64. The van der Waals surface area contributed by atoms with Gasteiger partial charge in [0.25, 0.3) is 5.91 Å². The average Bonchev–Trinajstić information content (AvgIpc) is 2.73. The molecule has 0 spiro atoms. The highest BCUT2D eigenvalue weighted by molar-refractivity contribution is 5.94. The molecule has 6 heteroatoms. The number of nitrogens with one attached hydrogen (secondary N) is 2. The van der Waals surface area contributed by atoms with Crippen LogP contribution >= 0.6 is 0 Å². The van der Waals surface area contributed by atoms with Gasteiger partial charge in [-0.15, -0.1) is 0 Å². The fourth-order valence-electron chi connectivity index (χ4n) is 2.44. The average molecular weight is 358 g/mol. The van der Waals surface area contributed by atoms with Crippen molar-refractivity contribution in [2.24, 2.45) is 0 Å². The fraction of sp³-hybridized carbons (Fsp3) is 0.0952. The van der Waals surface area contributed by atoms with Crippen molar-refractivity contribution < 1.29 is 9.53 Å². The molecule has 1 aromatic heterocycles. The second kappa shape index (κ2) is 8.50. The molecule has 3 aromatic rings. The van der Waals surface area contributed by atoms with Gasteiger partial charge in [0, 0.05) is 18.4 Å². The highest BCUT2D eigenvalue weighted by atomic mass is 16.5. The Balaban J connectivity index is 1.58. The number of benzene rings is 2. The Bertz CT molecular complexity index is 961. The molecule has 1 heterocycles. The van der Waals surface area contributed by atoms with E-state index >= 15 is 0 Å². The Morgan fingerprint density at radius 3 is 2.63 bits per heavy atom. The first kappa shape index (κ1) is 18.0. The topological polar surface area (TPSA) is 87.0 Å². The van der Waals surface area contributed by atoms with E-state index in [-0.39, 0.29) is 5.91 Å². The van der Waals surface area contributed by atoms with Crippen molar-refractivity contribution in [1.29, 1.82) is 5.26 Å². The molecule has 2 N–H and O–H groups in total. The summed E-state index contributed by atoms with van der Waals surface area (Å²) in [7, 11) is 1.61. The van der Waals surface area contributed by atoms with Gasteiger partial charge >= 0.3 is 0 Å². The number of aromatic nitrogens is 1. The number of carbonyl (C=O) groups is 1. The van der Waals surface area contributed by atoms with Crippen LogP contribution in [0.1, 0.15) is 21.5 Å². The predicted molar refractivity (Wildman–Crippen MR) is 103 cm³/mol. The van der Waals surface area contributed by atoms with Crippen molar-refractivity contribution in [3.05, 3.63) is 83.6 Å². The van der Waals surface area contributed by atoms with Crippen molar-refractivity contribution >= 4 is 17.4 Å². The molecule has 0 bridgehead atoms. The highest BCUT2D eigenvalue weighted by Crippen LogP contribution is 2.16. The number of methoxy groups -OCH3 is 1. The number of pyridine rings is 1. The molecule has 0 unspecified atom stereocenters. The summed E-state index contributed by atoms with van der Waals surface area (Å²) in [5.41, 5.74) is 2.78. The molecule has 134 valence electrons. The molecule has 0 aliphatic heterocycles. The Morgan fingerprint density at radius 1 is 1.15 bits per heavy atom. The Labute approximate surface area is 157 Å². The fourth-order valence-corrected chi connectivity index (χ4v) is 2.44. The van der Waals surface area contributed by atoms with Gasteiger partial charge in [-0.25, -0.2) is 4.98 Å². The van der Waals surface area contributed by atoms with Gasteiger partial charge < -0.3 is 15.4 Å². The molecule has 0 saturated heterocycles. The standard InChI is InChI=1S/C21H18N4O2/c1-27-19-8-5-15(6-9-19)13-24-21(26)17-7-10-20(23-14-17)25-18-4-2-3-16(11-18)12-22/h2-11,14H,13H2,1H3,(H,23,25)(H,24,26). The largest absolute Gasteiger partial charge is 0.497 e. The smallest absolute Gasteiger partial charge is 0.253 e. The number of anilines is 2. The third-order valence-electron chi connectivity index (χ3n) is 3.90. The minimum atomic E-state index is -0.198. The number of ether oxygens (including phenoxy) is 1. The van der Waals surface area contributed by atoms with Gasteiger partial charge in [-0.2, -0.15) is 5.26 Å². The maximum Gasteiger partial charge on any atom is 0.253 e. The number of amides is 1. The molecule has 0 fully saturated rings. The molecule has 1 amide bonds. The zero-order chi connectivity index (χ0) is 19.1. The van der Waals surface area contributed by atoms with Crippen molar-refractivity contribution in [3.8, 4) is 11.8 Å². The van der Waals surface area contributed by atoms with Crippen LogP contribution in [0.5, 0.6) is 5.75 Å². The van der Waals surface area contributed by atoms with Crippen LogP contribution in [0.2, 0.25) is 0 Å². The van der Waals surface area contributed by atoms with Crippen molar-refractivity contribution in [1.82, 2.24) is 10.3 Å². The summed E-state index contributed by atoms with van der Waals surface area (Å²) in [6.45, 7) is 0.420. The molecule has 3 rings (SSSR count). The van der Waals surface area contributed by atoms with Crippen LogP contribution in [-0.2, 0) is 6.54 Å². The molecule has 6 nitrogen and oxygen atoms in total. The van der Waals surface area contributed by atoms with Crippen LogP contribution in [0.15, 0.2) is 66.9 Å². The van der Waals surface area contributed by atoms with Crippen molar-refractivity contribution in [2.75, 3.05) is 12.4 Å². The third-order valence-corrected chi connectivity index (χ3v) is 3.90. The van der Waals surface area contributed by atoms with E-state index in [0.717, 1.165) is 17.0 Å².